The van der Waals surface area contributed by atoms with Crippen LogP contribution >= 0.6 is 0 Å². The molecule has 5 nitrogen and oxygen atoms in total. The molecule has 0 saturated carbocycles. The number of nitrogens with zero attached hydrogens (tertiary/aromatic N) is 2. The van der Waals surface area contributed by atoms with Crippen molar-refractivity contribution >= 4 is 5.82 Å². The molecule has 1 aliphatic heterocycles. The molecular formula is C14H19N3O2. The lowest BCUT2D eigenvalue weighted by molar-refractivity contribution is -0.0316. The van der Waals surface area contributed by atoms with Crippen LogP contribution in [-0.2, 0) is 9.47 Å². The molecule has 0 aromatic carbocycles. The zero-order chi connectivity index (χ0) is 13.3. The number of anilines is 1. The largest absolute Gasteiger partial charge is 0.381 e. The minimum Gasteiger partial charge on any atom is -0.381 e. The maximum atomic E-state index is 8.78. The Balaban J connectivity index is 1.59. The molecule has 0 radical (unpaired) electrons. The molecule has 0 spiro atoms. The average Bonchev–Trinajstić information content (AvgIpc) is 2.48. The Morgan fingerprint density at radius 2 is 2.32 bits per heavy atom. The molecule has 1 aliphatic rings. The van der Waals surface area contributed by atoms with E-state index in [1.165, 1.54) is 0 Å². The molecule has 2 heterocycles. The average molecular weight is 261 g/mol. The van der Waals surface area contributed by atoms with Gasteiger partial charge in [0.15, 0.2) is 0 Å². The summed E-state index contributed by atoms with van der Waals surface area (Å²) in [6, 6.07) is 5.54. The van der Waals surface area contributed by atoms with Gasteiger partial charge < -0.3 is 14.8 Å². The highest BCUT2D eigenvalue weighted by Gasteiger charge is 2.13. The number of nitriles is 1. The maximum Gasteiger partial charge on any atom is 0.127 e. The van der Waals surface area contributed by atoms with Gasteiger partial charge in [0.05, 0.1) is 17.7 Å². The molecule has 0 amide bonds. The van der Waals surface area contributed by atoms with Gasteiger partial charge in [-0.25, -0.2) is 4.98 Å². The van der Waals surface area contributed by atoms with Crippen molar-refractivity contribution < 1.29 is 9.47 Å². The molecule has 5 heteroatoms. The molecule has 0 bridgehead atoms. The van der Waals surface area contributed by atoms with Crippen LogP contribution in [0, 0.1) is 11.3 Å². The SMILES string of the molecule is N#Cc1ccnc(NCCCOC2CCOCC2)c1. The first kappa shape index (κ1) is 13.8. The fourth-order valence-corrected chi connectivity index (χ4v) is 1.98. The lowest BCUT2D eigenvalue weighted by Gasteiger charge is -2.22. The Hall–Kier alpha value is -1.64. The van der Waals surface area contributed by atoms with E-state index in [2.05, 4.69) is 16.4 Å². The Morgan fingerprint density at radius 1 is 1.47 bits per heavy atom. The van der Waals surface area contributed by atoms with E-state index in [4.69, 9.17) is 14.7 Å². The standard InChI is InChI=1S/C14H19N3O2/c15-11-12-2-6-17-14(10-12)16-5-1-7-19-13-3-8-18-9-4-13/h2,6,10,13H,1,3-5,7-9H2,(H,16,17). The number of hydrogen-bond acceptors (Lipinski definition) is 5. The number of aromatic nitrogens is 1. The van der Waals surface area contributed by atoms with Crippen molar-refractivity contribution in [1.29, 1.82) is 5.26 Å². The summed E-state index contributed by atoms with van der Waals surface area (Å²) in [6.07, 6.45) is 4.92. The van der Waals surface area contributed by atoms with E-state index in [1.807, 2.05) is 0 Å². The summed E-state index contributed by atoms with van der Waals surface area (Å²) in [5, 5.41) is 12.0. The van der Waals surface area contributed by atoms with Gasteiger partial charge in [0.25, 0.3) is 0 Å². The molecule has 102 valence electrons. The summed E-state index contributed by atoms with van der Waals surface area (Å²) < 4.78 is 11.1. The van der Waals surface area contributed by atoms with Gasteiger partial charge in [-0.2, -0.15) is 5.26 Å². The minimum atomic E-state index is 0.355. The van der Waals surface area contributed by atoms with Crippen molar-refractivity contribution in [3.8, 4) is 6.07 Å². The second kappa shape index (κ2) is 7.72. The predicted octanol–water partition coefficient (Wildman–Crippen LogP) is 1.95. The van der Waals surface area contributed by atoms with Crippen LogP contribution in [0.1, 0.15) is 24.8 Å². The number of rotatable bonds is 6. The van der Waals surface area contributed by atoms with E-state index in [9.17, 15) is 0 Å². The number of hydrogen-bond donors (Lipinski definition) is 1. The van der Waals surface area contributed by atoms with Crippen molar-refractivity contribution in [2.45, 2.75) is 25.4 Å². The maximum absolute atomic E-state index is 8.78. The quantitative estimate of drug-likeness (QED) is 0.793. The Kier molecular flexibility index (Phi) is 5.60. The molecule has 1 aromatic heterocycles. The number of nitrogens with one attached hydrogen (secondary N) is 1. The Labute approximate surface area is 113 Å². The molecule has 1 N–H and O–H groups in total. The van der Waals surface area contributed by atoms with E-state index in [0.717, 1.165) is 51.4 Å². The molecule has 1 aromatic rings. The smallest absolute Gasteiger partial charge is 0.127 e. The lowest BCUT2D eigenvalue weighted by Crippen LogP contribution is -2.24. The van der Waals surface area contributed by atoms with E-state index >= 15 is 0 Å². The highest BCUT2D eigenvalue weighted by Crippen LogP contribution is 2.11. The zero-order valence-electron chi connectivity index (χ0n) is 11.0. The molecule has 19 heavy (non-hydrogen) atoms. The summed E-state index contributed by atoms with van der Waals surface area (Å²) in [6.45, 7) is 3.17. The summed E-state index contributed by atoms with van der Waals surface area (Å²) in [4.78, 5) is 4.16. The fraction of sp³-hybridized carbons (Fsp3) is 0.571. The van der Waals surface area contributed by atoms with E-state index < -0.39 is 0 Å². The topological polar surface area (TPSA) is 67.2 Å². The summed E-state index contributed by atoms with van der Waals surface area (Å²) in [5.74, 6) is 0.741. The summed E-state index contributed by atoms with van der Waals surface area (Å²) in [5.41, 5.74) is 0.621. The zero-order valence-corrected chi connectivity index (χ0v) is 11.0. The van der Waals surface area contributed by atoms with Crippen LogP contribution in [0.5, 0.6) is 0 Å². The van der Waals surface area contributed by atoms with Crippen molar-refractivity contribution in [3.63, 3.8) is 0 Å². The van der Waals surface area contributed by atoms with Crippen molar-refractivity contribution in [2.24, 2.45) is 0 Å². The van der Waals surface area contributed by atoms with Crippen LogP contribution in [0.2, 0.25) is 0 Å². The van der Waals surface area contributed by atoms with Crippen molar-refractivity contribution in [2.75, 3.05) is 31.7 Å². The molecule has 1 saturated heterocycles. The van der Waals surface area contributed by atoms with E-state index in [1.54, 1.807) is 18.3 Å². The molecule has 0 unspecified atom stereocenters. The third-order valence-corrected chi connectivity index (χ3v) is 3.04. The Morgan fingerprint density at radius 3 is 3.11 bits per heavy atom. The van der Waals surface area contributed by atoms with Crippen LogP contribution < -0.4 is 5.32 Å². The summed E-state index contributed by atoms with van der Waals surface area (Å²) >= 11 is 0. The van der Waals surface area contributed by atoms with Crippen LogP contribution in [0.3, 0.4) is 0 Å². The van der Waals surface area contributed by atoms with Gasteiger partial charge in [0.1, 0.15) is 5.82 Å². The Bertz CT molecular complexity index is 425. The fourth-order valence-electron chi connectivity index (χ4n) is 1.98. The van der Waals surface area contributed by atoms with Gasteiger partial charge in [-0.05, 0) is 31.4 Å². The van der Waals surface area contributed by atoms with Crippen LogP contribution in [0.25, 0.3) is 0 Å². The molecule has 2 rings (SSSR count). The van der Waals surface area contributed by atoms with Crippen LogP contribution in [-0.4, -0.2) is 37.5 Å². The van der Waals surface area contributed by atoms with Gasteiger partial charge in [0.2, 0.25) is 0 Å². The third kappa shape index (κ3) is 4.86. The van der Waals surface area contributed by atoms with E-state index in [-0.39, 0.29) is 0 Å². The first-order chi connectivity index (χ1) is 9.38. The van der Waals surface area contributed by atoms with Crippen LogP contribution in [0.4, 0.5) is 5.82 Å². The van der Waals surface area contributed by atoms with Gasteiger partial charge >= 0.3 is 0 Å². The first-order valence-corrected chi connectivity index (χ1v) is 6.68. The van der Waals surface area contributed by atoms with Gasteiger partial charge in [0, 0.05) is 32.6 Å². The van der Waals surface area contributed by atoms with Crippen LogP contribution in [0.15, 0.2) is 18.3 Å². The van der Waals surface area contributed by atoms with Gasteiger partial charge in [-0.15, -0.1) is 0 Å². The normalized spacial score (nSPS) is 15.9. The monoisotopic (exact) mass is 261 g/mol. The lowest BCUT2D eigenvalue weighted by atomic mass is 10.1. The molecule has 0 aliphatic carbocycles. The molecule has 0 atom stereocenters. The number of ether oxygens (including phenoxy) is 2. The number of pyridine rings is 1. The van der Waals surface area contributed by atoms with E-state index in [0.29, 0.717) is 11.7 Å². The minimum absolute atomic E-state index is 0.355. The second-order valence-corrected chi connectivity index (χ2v) is 4.50. The molecular weight excluding hydrogens is 242 g/mol. The van der Waals surface area contributed by atoms with Gasteiger partial charge in [-0.3, -0.25) is 0 Å². The predicted molar refractivity (Wildman–Crippen MR) is 71.9 cm³/mol. The highest BCUT2D eigenvalue weighted by atomic mass is 16.5. The second-order valence-electron chi connectivity index (χ2n) is 4.50. The van der Waals surface area contributed by atoms with Crippen molar-refractivity contribution in [1.82, 2.24) is 4.98 Å². The highest BCUT2D eigenvalue weighted by molar-refractivity contribution is 5.42. The first-order valence-electron chi connectivity index (χ1n) is 6.68. The van der Waals surface area contributed by atoms with Crippen molar-refractivity contribution in [3.05, 3.63) is 23.9 Å². The van der Waals surface area contributed by atoms with Gasteiger partial charge in [-0.1, -0.05) is 0 Å². The summed E-state index contributed by atoms with van der Waals surface area (Å²) in [7, 11) is 0. The molecule has 1 fully saturated rings. The third-order valence-electron chi connectivity index (χ3n) is 3.04.